The zero-order valence-electron chi connectivity index (χ0n) is 19.7. The van der Waals surface area contributed by atoms with Crippen molar-refractivity contribution in [3.63, 3.8) is 0 Å². The normalized spacial score (nSPS) is 23.9. The highest BCUT2D eigenvalue weighted by Crippen LogP contribution is 2.56. The summed E-state index contributed by atoms with van der Waals surface area (Å²) in [4.78, 5) is 15.3. The van der Waals surface area contributed by atoms with E-state index in [1.807, 2.05) is 41.3 Å². The Hall–Kier alpha value is -2.29. The van der Waals surface area contributed by atoms with E-state index in [9.17, 15) is 13.2 Å². The lowest BCUT2D eigenvalue weighted by molar-refractivity contribution is -0.139. The highest BCUT2D eigenvalue weighted by atomic mass is 32.2. The van der Waals surface area contributed by atoms with Gasteiger partial charge in [-0.15, -0.1) is 0 Å². The average Bonchev–Trinajstić information content (AvgIpc) is 3.49. The number of likely N-dealkylation sites (tertiary alicyclic amines) is 1. The lowest BCUT2D eigenvalue weighted by Gasteiger charge is -2.34. The van der Waals surface area contributed by atoms with Crippen LogP contribution in [0.5, 0.6) is 0 Å². The summed E-state index contributed by atoms with van der Waals surface area (Å²) >= 11 is 0. The minimum Gasteiger partial charge on any atom is -0.337 e. The Labute approximate surface area is 201 Å². The number of nitrogens with zero attached hydrogens (tertiary/aromatic N) is 2. The summed E-state index contributed by atoms with van der Waals surface area (Å²) in [7, 11) is -0.724. The fourth-order valence-corrected chi connectivity index (χ4v) is 6.34. The molecule has 2 aromatic carbocycles. The van der Waals surface area contributed by atoms with Crippen molar-refractivity contribution in [2.45, 2.75) is 50.6 Å². The molecule has 1 aliphatic heterocycles. The van der Waals surface area contributed by atoms with Crippen LogP contribution in [0.15, 0.2) is 48.5 Å². The Morgan fingerprint density at radius 3 is 2.41 bits per heavy atom. The SMILES string of the molecule is CN(C)S(=O)(=O)NC1C(Cc2cccc(-c3ccccc3)c2F)N(C(=O)C2CCC2)CC12CC2. The molecule has 34 heavy (non-hydrogen) atoms. The molecule has 2 saturated carbocycles. The third kappa shape index (κ3) is 4.16. The van der Waals surface area contributed by atoms with Crippen molar-refractivity contribution in [2.24, 2.45) is 11.3 Å². The topological polar surface area (TPSA) is 69.7 Å². The molecule has 3 aliphatic rings. The zero-order valence-corrected chi connectivity index (χ0v) is 20.5. The lowest BCUT2D eigenvalue weighted by Crippen LogP contribution is -2.53. The van der Waals surface area contributed by atoms with Gasteiger partial charge in [-0.1, -0.05) is 55.0 Å². The van der Waals surface area contributed by atoms with Gasteiger partial charge in [-0.25, -0.2) is 4.39 Å². The summed E-state index contributed by atoms with van der Waals surface area (Å²) < 4.78 is 45.4. The maximum Gasteiger partial charge on any atom is 0.279 e. The van der Waals surface area contributed by atoms with Gasteiger partial charge in [-0.05, 0) is 43.2 Å². The molecule has 1 saturated heterocycles. The maximum atomic E-state index is 15.7. The van der Waals surface area contributed by atoms with E-state index >= 15 is 4.39 Å². The van der Waals surface area contributed by atoms with Gasteiger partial charge in [0.15, 0.2) is 0 Å². The molecule has 6 nitrogen and oxygen atoms in total. The van der Waals surface area contributed by atoms with E-state index in [0.29, 0.717) is 17.7 Å². The fraction of sp³-hybridized carbons (Fsp3) is 0.500. The standard InChI is InChI=1S/C26H32FN3O3S/c1-29(2)34(32,33)28-24-22(30(17-26(24)14-15-26)25(31)19-10-6-11-19)16-20-12-7-13-21(23(20)27)18-8-4-3-5-9-18/h3-5,7-9,12-13,19,22,24,28H,6,10-11,14-17H2,1-2H3. The van der Waals surface area contributed by atoms with Gasteiger partial charge in [0.05, 0.1) is 12.1 Å². The van der Waals surface area contributed by atoms with E-state index in [0.717, 1.165) is 42.0 Å². The molecule has 2 aliphatic carbocycles. The highest BCUT2D eigenvalue weighted by Gasteiger charge is 2.62. The first kappa shape index (κ1) is 23.5. The molecule has 0 radical (unpaired) electrons. The summed E-state index contributed by atoms with van der Waals surface area (Å²) in [5.74, 6) is -0.215. The van der Waals surface area contributed by atoms with Crippen molar-refractivity contribution in [3.8, 4) is 11.1 Å². The Bertz CT molecular complexity index is 1180. The minimum atomic E-state index is -3.71. The number of carbonyl (C=O) groups excluding carboxylic acids is 1. The molecule has 1 heterocycles. The third-order valence-corrected chi connectivity index (χ3v) is 9.42. The first-order chi connectivity index (χ1) is 16.2. The van der Waals surface area contributed by atoms with Gasteiger partial charge in [0.2, 0.25) is 5.91 Å². The Morgan fingerprint density at radius 1 is 1.12 bits per heavy atom. The first-order valence-corrected chi connectivity index (χ1v) is 13.5. The molecule has 3 fully saturated rings. The Balaban J connectivity index is 1.51. The number of amides is 1. The second-order valence-electron chi connectivity index (χ2n) is 10.3. The second-order valence-corrected chi connectivity index (χ2v) is 12.2. The molecule has 2 atom stereocenters. The van der Waals surface area contributed by atoms with Crippen LogP contribution in [0.25, 0.3) is 11.1 Å². The summed E-state index contributed by atoms with van der Waals surface area (Å²) in [5.41, 5.74) is 1.55. The molecule has 0 bridgehead atoms. The van der Waals surface area contributed by atoms with E-state index in [-0.39, 0.29) is 29.5 Å². The van der Waals surface area contributed by atoms with Gasteiger partial charge in [0, 0.05) is 37.5 Å². The average molecular weight is 486 g/mol. The summed E-state index contributed by atoms with van der Waals surface area (Å²) in [6, 6.07) is 13.9. The molecule has 2 aromatic rings. The van der Waals surface area contributed by atoms with Crippen LogP contribution < -0.4 is 4.72 Å². The van der Waals surface area contributed by atoms with Gasteiger partial charge < -0.3 is 4.90 Å². The van der Waals surface area contributed by atoms with E-state index < -0.39 is 22.3 Å². The molecule has 1 spiro atoms. The zero-order chi connectivity index (χ0) is 24.1. The molecule has 0 aromatic heterocycles. The number of hydrogen-bond donors (Lipinski definition) is 1. The van der Waals surface area contributed by atoms with Crippen LogP contribution in [0, 0.1) is 17.2 Å². The van der Waals surface area contributed by atoms with Crippen LogP contribution in [0.4, 0.5) is 4.39 Å². The van der Waals surface area contributed by atoms with Gasteiger partial charge >= 0.3 is 0 Å². The van der Waals surface area contributed by atoms with Crippen molar-refractivity contribution in [1.82, 2.24) is 13.9 Å². The minimum absolute atomic E-state index is 0.00278. The van der Waals surface area contributed by atoms with E-state index in [1.54, 1.807) is 12.1 Å². The number of rotatable bonds is 7. The number of hydrogen-bond acceptors (Lipinski definition) is 3. The second kappa shape index (κ2) is 8.73. The van der Waals surface area contributed by atoms with Crippen LogP contribution in [0.1, 0.15) is 37.7 Å². The van der Waals surface area contributed by atoms with Gasteiger partial charge in [-0.2, -0.15) is 17.4 Å². The third-order valence-electron chi connectivity index (χ3n) is 7.91. The number of carbonyl (C=O) groups is 1. The number of nitrogens with one attached hydrogen (secondary N) is 1. The summed E-state index contributed by atoms with van der Waals surface area (Å²) in [6.45, 7) is 0.535. The van der Waals surface area contributed by atoms with Crippen molar-refractivity contribution in [2.75, 3.05) is 20.6 Å². The van der Waals surface area contributed by atoms with E-state index in [4.69, 9.17) is 0 Å². The van der Waals surface area contributed by atoms with Crippen LogP contribution >= 0.6 is 0 Å². The predicted molar refractivity (Wildman–Crippen MR) is 130 cm³/mol. The van der Waals surface area contributed by atoms with Crippen LogP contribution in [-0.4, -0.2) is 56.3 Å². The van der Waals surface area contributed by atoms with E-state index in [2.05, 4.69) is 4.72 Å². The maximum absolute atomic E-state index is 15.7. The molecule has 5 rings (SSSR count). The Morgan fingerprint density at radius 2 is 1.82 bits per heavy atom. The molecule has 1 N–H and O–H groups in total. The lowest BCUT2D eigenvalue weighted by atomic mass is 9.84. The van der Waals surface area contributed by atoms with Crippen LogP contribution in [0.2, 0.25) is 0 Å². The number of halogens is 1. The van der Waals surface area contributed by atoms with Crippen LogP contribution in [0.3, 0.4) is 0 Å². The summed E-state index contributed by atoms with van der Waals surface area (Å²) in [5, 5.41) is 0. The quantitative estimate of drug-likeness (QED) is 0.652. The first-order valence-electron chi connectivity index (χ1n) is 12.0. The van der Waals surface area contributed by atoms with Crippen LogP contribution in [-0.2, 0) is 21.4 Å². The molecule has 8 heteroatoms. The molecular formula is C26H32FN3O3S. The van der Waals surface area contributed by atoms with E-state index in [1.165, 1.54) is 14.1 Å². The van der Waals surface area contributed by atoms with Crippen molar-refractivity contribution < 1.29 is 17.6 Å². The molecule has 2 unspecified atom stereocenters. The predicted octanol–water partition coefficient (Wildman–Crippen LogP) is 3.59. The van der Waals surface area contributed by atoms with Gasteiger partial charge in [-0.3, -0.25) is 4.79 Å². The highest BCUT2D eigenvalue weighted by molar-refractivity contribution is 7.87. The van der Waals surface area contributed by atoms with Crippen molar-refractivity contribution >= 4 is 16.1 Å². The smallest absolute Gasteiger partial charge is 0.279 e. The largest absolute Gasteiger partial charge is 0.337 e. The van der Waals surface area contributed by atoms with Crippen molar-refractivity contribution in [3.05, 3.63) is 59.9 Å². The molecular weight excluding hydrogens is 453 g/mol. The number of benzene rings is 2. The Kier molecular flexibility index (Phi) is 6.02. The van der Waals surface area contributed by atoms with Gasteiger partial charge in [0.1, 0.15) is 5.82 Å². The van der Waals surface area contributed by atoms with Crippen molar-refractivity contribution in [1.29, 1.82) is 0 Å². The summed E-state index contributed by atoms with van der Waals surface area (Å²) in [6.07, 6.45) is 4.80. The molecule has 182 valence electrons. The fourth-order valence-electron chi connectivity index (χ4n) is 5.40. The van der Waals surface area contributed by atoms with Gasteiger partial charge in [0.25, 0.3) is 10.2 Å². The molecule has 1 amide bonds. The monoisotopic (exact) mass is 485 g/mol.